The molecule has 0 aromatic heterocycles. The molecule has 3 unspecified atom stereocenters. The van der Waals surface area contributed by atoms with E-state index in [0.717, 1.165) is 16.9 Å². The van der Waals surface area contributed by atoms with Crippen molar-refractivity contribution in [3.8, 4) is 0 Å². The lowest BCUT2D eigenvalue weighted by molar-refractivity contribution is 0.230. The first-order chi connectivity index (χ1) is 8.61. The summed E-state index contributed by atoms with van der Waals surface area (Å²) in [6, 6.07) is 6.92. The third-order valence-corrected chi connectivity index (χ3v) is 4.72. The molecule has 1 aliphatic carbocycles. The largest absolute Gasteiger partial charge is 0.313 e. The van der Waals surface area contributed by atoms with E-state index in [9.17, 15) is 0 Å². The molecule has 18 heavy (non-hydrogen) atoms. The summed E-state index contributed by atoms with van der Waals surface area (Å²) in [6.45, 7) is 4.47. The average Bonchev–Trinajstić information content (AvgIpc) is 2.35. The van der Waals surface area contributed by atoms with Crippen molar-refractivity contribution in [3.05, 3.63) is 34.3 Å². The summed E-state index contributed by atoms with van der Waals surface area (Å²) >= 11 is 6.12. The molecule has 0 spiro atoms. The monoisotopic (exact) mass is 265 g/mol. The Bertz CT molecular complexity index is 402. The lowest BCUT2D eigenvalue weighted by atomic mass is 9.76. The second-order valence-electron chi connectivity index (χ2n) is 5.81. The van der Waals surface area contributed by atoms with Crippen molar-refractivity contribution >= 4 is 11.6 Å². The van der Waals surface area contributed by atoms with Crippen LogP contribution in [0, 0.1) is 18.8 Å². The molecule has 1 fully saturated rings. The molecular weight excluding hydrogens is 242 g/mol. The van der Waals surface area contributed by atoms with Gasteiger partial charge in [0.1, 0.15) is 0 Å². The van der Waals surface area contributed by atoms with Crippen LogP contribution in [-0.2, 0) is 0 Å². The molecule has 1 saturated carbocycles. The number of hydrogen-bond acceptors (Lipinski definition) is 1. The van der Waals surface area contributed by atoms with Crippen molar-refractivity contribution in [1.29, 1.82) is 0 Å². The summed E-state index contributed by atoms with van der Waals surface area (Å²) in [5.41, 5.74) is 2.57. The molecule has 1 nitrogen and oxygen atoms in total. The maximum absolute atomic E-state index is 6.12. The van der Waals surface area contributed by atoms with Crippen LogP contribution >= 0.6 is 11.6 Å². The van der Waals surface area contributed by atoms with Gasteiger partial charge in [-0.3, -0.25) is 0 Å². The van der Waals surface area contributed by atoms with E-state index in [-0.39, 0.29) is 0 Å². The molecule has 2 heteroatoms. The van der Waals surface area contributed by atoms with E-state index in [1.54, 1.807) is 0 Å². The molecule has 1 aromatic rings. The van der Waals surface area contributed by atoms with Crippen LogP contribution in [0.2, 0.25) is 5.02 Å². The summed E-state index contributed by atoms with van der Waals surface area (Å²) < 4.78 is 0. The third kappa shape index (κ3) is 3.07. The lowest BCUT2D eigenvalue weighted by Crippen LogP contribution is -2.29. The number of aryl methyl sites for hydroxylation is 1. The van der Waals surface area contributed by atoms with Crippen molar-refractivity contribution in [1.82, 2.24) is 5.32 Å². The first kappa shape index (κ1) is 13.9. The Labute approximate surface area is 116 Å². The summed E-state index contributed by atoms with van der Waals surface area (Å²) in [5, 5.41) is 4.38. The second kappa shape index (κ2) is 6.08. The van der Waals surface area contributed by atoms with Gasteiger partial charge >= 0.3 is 0 Å². The van der Waals surface area contributed by atoms with Gasteiger partial charge in [-0.05, 0) is 55.8 Å². The van der Waals surface area contributed by atoms with Crippen LogP contribution in [0.4, 0.5) is 0 Å². The minimum Gasteiger partial charge on any atom is -0.313 e. The van der Waals surface area contributed by atoms with E-state index < -0.39 is 0 Å². The van der Waals surface area contributed by atoms with Gasteiger partial charge in [0, 0.05) is 11.1 Å². The van der Waals surface area contributed by atoms with E-state index in [1.807, 2.05) is 6.07 Å². The van der Waals surface area contributed by atoms with E-state index in [2.05, 4.69) is 38.3 Å². The Morgan fingerprint density at radius 1 is 1.33 bits per heavy atom. The lowest BCUT2D eigenvalue weighted by Gasteiger charge is -2.33. The van der Waals surface area contributed by atoms with Gasteiger partial charge in [-0.15, -0.1) is 0 Å². The molecule has 0 radical (unpaired) electrons. The predicted octanol–water partition coefficient (Wildman–Crippen LogP) is 4.74. The minimum absolute atomic E-state index is 0.476. The Balaban J connectivity index is 2.18. The number of rotatable bonds is 3. The first-order valence-corrected chi connectivity index (χ1v) is 7.43. The number of benzene rings is 1. The van der Waals surface area contributed by atoms with Crippen molar-refractivity contribution in [3.63, 3.8) is 0 Å². The van der Waals surface area contributed by atoms with Gasteiger partial charge in [0.15, 0.2) is 0 Å². The molecule has 3 atom stereocenters. The van der Waals surface area contributed by atoms with E-state index in [1.165, 1.54) is 36.8 Å². The fourth-order valence-corrected chi connectivity index (χ4v) is 3.44. The van der Waals surface area contributed by atoms with E-state index in [4.69, 9.17) is 11.6 Å². The van der Waals surface area contributed by atoms with Gasteiger partial charge in [-0.2, -0.15) is 0 Å². The topological polar surface area (TPSA) is 12.0 Å². The molecule has 1 aliphatic rings. The normalized spacial score (nSPS) is 26.0. The van der Waals surface area contributed by atoms with Gasteiger partial charge in [-0.1, -0.05) is 43.5 Å². The molecule has 0 bridgehead atoms. The fourth-order valence-electron chi connectivity index (χ4n) is 3.32. The molecular formula is C16H24ClN. The van der Waals surface area contributed by atoms with Crippen molar-refractivity contribution in [2.75, 3.05) is 7.05 Å². The van der Waals surface area contributed by atoms with Gasteiger partial charge in [0.05, 0.1) is 0 Å². The molecule has 1 N–H and O–H groups in total. The fraction of sp³-hybridized carbons (Fsp3) is 0.625. The van der Waals surface area contributed by atoms with Crippen LogP contribution in [0.3, 0.4) is 0 Å². The minimum atomic E-state index is 0.476. The van der Waals surface area contributed by atoms with Crippen LogP contribution in [0.25, 0.3) is 0 Å². The highest BCUT2D eigenvalue weighted by Gasteiger charge is 2.26. The number of hydrogen-bond donors (Lipinski definition) is 1. The molecule has 100 valence electrons. The molecule has 0 saturated heterocycles. The van der Waals surface area contributed by atoms with Gasteiger partial charge in [0.25, 0.3) is 0 Å². The zero-order valence-electron chi connectivity index (χ0n) is 11.7. The highest BCUT2D eigenvalue weighted by atomic mass is 35.5. The van der Waals surface area contributed by atoms with Gasteiger partial charge in [-0.25, -0.2) is 0 Å². The predicted molar refractivity (Wildman–Crippen MR) is 79.1 cm³/mol. The van der Waals surface area contributed by atoms with Crippen LogP contribution in [0.1, 0.15) is 49.8 Å². The van der Waals surface area contributed by atoms with E-state index in [0.29, 0.717) is 6.04 Å². The molecule has 0 aliphatic heterocycles. The maximum atomic E-state index is 6.12. The Morgan fingerprint density at radius 2 is 2.11 bits per heavy atom. The van der Waals surface area contributed by atoms with Gasteiger partial charge < -0.3 is 5.32 Å². The molecule has 0 amide bonds. The summed E-state index contributed by atoms with van der Waals surface area (Å²) in [5.74, 6) is 1.63. The van der Waals surface area contributed by atoms with Crippen molar-refractivity contribution in [2.24, 2.45) is 11.8 Å². The van der Waals surface area contributed by atoms with Crippen LogP contribution in [0.15, 0.2) is 18.2 Å². The SMILES string of the molecule is CNC(c1ccc(Cl)c(C)c1)C1CCCC(C)C1. The Morgan fingerprint density at radius 3 is 2.72 bits per heavy atom. The first-order valence-electron chi connectivity index (χ1n) is 7.05. The van der Waals surface area contributed by atoms with Crippen molar-refractivity contribution < 1.29 is 0 Å². The van der Waals surface area contributed by atoms with Crippen LogP contribution < -0.4 is 5.32 Å². The highest BCUT2D eigenvalue weighted by molar-refractivity contribution is 6.31. The molecule has 1 aromatic carbocycles. The standard InChI is InChI=1S/C16H24ClN/c1-11-5-4-6-13(9-11)16(18-3)14-7-8-15(17)12(2)10-14/h7-8,10-11,13,16,18H,4-6,9H2,1-3H3. The zero-order chi connectivity index (χ0) is 13.1. The smallest absolute Gasteiger partial charge is 0.0435 e. The third-order valence-electron chi connectivity index (χ3n) is 4.30. The Kier molecular flexibility index (Phi) is 4.69. The molecule has 0 heterocycles. The van der Waals surface area contributed by atoms with Crippen molar-refractivity contribution in [2.45, 2.75) is 45.6 Å². The van der Waals surface area contributed by atoms with Crippen LogP contribution in [0.5, 0.6) is 0 Å². The second-order valence-corrected chi connectivity index (χ2v) is 6.21. The zero-order valence-corrected chi connectivity index (χ0v) is 12.4. The quantitative estimate of drug-likeness (QED) is 0.833. The summed E-state index contributed by atoms with van der Waals surface area (Å²) in [7, 11) is 2.08. The highest BCUT2D eigenvalue weighted by Crippen LogP contribution is 2.37. The number of halogens is 1. The maximum Gasteiger partial charge on any atom is 0.0435 e. The molecule has 2 rings (SSSR count). The summed E-state index contributed by atoms with van der Waals surface area (Å²) in [4.78, 5) is 0. The summed E-state index contributed by atoms with van der Waals surface area (Å²) in [6.07, 6.45) is 5.45. The Hall–Kier alpha value is -0.530. The van der Waals surface area contributed by atoms with Gasteiger partial charge in [0.2, 0.25) is 0 Å². The number of nitrogens with one attached hydrogen (secondary N) is 1. The average molecular weight is 266 g/mol. The van der Waals surface area contributed by atoms with E-state index >= 15 is 0 Å². The van der Waals surface area contributed by atoms with Crippen LogP contribution in [-0.4, -0.2) is 7.05 Å².